The highest BCUT2D eigenvalue weighted by Gasteiger charge is 2.24. The molecule has 0 aromatic carbocycles. The molecule has 1 fully saturated rings. The van der Waals surface area contributed by atoms with E-state index in [-0.39, 0.29) is 5.91 Å². The normalized spacial score (nSPS) is 32.2. The first kappa shape index (κ1) is 8.05. The SMILES string of the molecule is CC(=O)N[C@H]1CCC[C@@H]1Br. The van der Waals surface area contributed by atoms with Crippen LogP contribution in [-0.2, 0) is 4.79 Å². The van der Waals surface area contributed by atoms with Crippen LogP contribution in [-0.4, -0.2) is 16.8 Å². The molecule has 10 heavy (non-hydrogen) atoms. The minimum absolute atomic E-state index is 0.0800. The summed E-state index contributed by atoms with van der Waals surface area (Å²) in [6, 6.07) is 0.373. The molecule has 0 bridgehead atoms. The molecule has 0 aliphatic heterocycles. The lowest BCUT2D eigenvalue weighted by Gasteiger charge is -2.13. The van der Waals surface area contributed by atoms with Gasteiger partial charge in [-0.3, -0.25) is 4.79 Å². The Hall–Kier alpha value is -0.0500. The molecule has 1 aliphatic carbocycles. The molecule has 0 unspecified atom stereocenters. The van der Waals surface area contributed by atoms with E-state index in [1.54, 1.807) is 6.92 Å². The zero-order valence-corrected chi connectivity index (χ0v) is 7.65. The Morgan fingerprint density at radius 2 is 2.30 bits per heavy atom. The van der Waals surface area contributed by atoms with E-state index in [9.17, 15) is 4.79 Å². The molecule has 0 aromatic rings. The predicted molar refractivity (Wildman–Crippen MR) is 44.2 cm³/mol. The van der Waals surface area contributed by atoms with Crippen molar-refractivity contribution in [3.8, 4) is 0 Å². The van der Waals surface area contributed by atoms with Gasteiger partial charge in [-0.25, -0.2) is 0 Å². The van der Waals surface area contributed by atoms with E-state index in [1.807, 2.05) is 0 Å². The highest BCUT2D eigenvalue weighted by atomic mass is 79.9. The summed E-state index contributed by atoms with van der Waals surface area (Å²) in [5.74, 6) is 0.0800. The first-order valence-corrected chi connectivity index (χ1v) is 4.53. The van der Waals surface area contributed by atoms with Crippen LogP contribution in [0.1, 0.15) is 26.2 Å². The van der Waals surface area contributed by atoms with Crippen LogP contribution in [0.5, 0.6) is 0 Å². The number of alkyl halides is 1. The lowest BCUT2D eigenvalue weighted by atomic mass is 10.2. The summed E-state index contributed by atoms with van der Waals surface area (Å²) < 4.78 is 0. The van der Waals surface area contributed by atoms with Crippen molar-refractivity contribution in [1.82, 2.24) is 5.32 Å². The minimum Gasteiger partial charge on any atom is -0.352 e. The Kier molecular flexibility index (Phi) is 2.72. The van der Waals surface area contributed by atoms with Gasteiger partial charge in [0.25, 0.3) is 0 Å². The zero-order chi connectivity index (χ0) is 7.56. The molecule has 2 atom stereocenters. The molecule has 1 N–H and O–H groups in total. The van der Waals surface area contributed by atoms with Gasteiger partial charge >= 0.3 is 0 Å². The maximum Gasteiger partial charge on any atom is 0.217 e. The number of nitrogens with one attached hydrogen (secondary N) is 1. The topological polar surface area (TPSA) is 29.1 Å². The number of carbonyl (C=O) groups is 1. The highest BCUT2D eigenvalue weighted by molar-refractivity contribution is 9.09. The van der Waals surface area contributed by atoms with Crippen LogP contribution in [0.3, 0.4) is 0 Å². The largest absolute Gasteiger partial charge is 0.352 e. The summed E-state index contributed by atoms with van der Waals surface area (Å²) in [5.41, 5.74) is 0. The molecule has 0 saturated heterocycles. The molecule has 1 aliphatic rings. The van der Waals surface area contributed by atoms with Crippen molar-refractivity contribution in [3.05, 3.63) is 0 Å². The van der Waals surface area contributed by atoms with Crippen LogP contribution in [0.4, 0.5) is 0 Å². The van der Waals surface area contributed by atoms with E-state index in [0.29, 0.717) is 10.9 Å². The summed E-state index contributed by atoms with van der Waals surface area (Å²) in [6.07, 6.45) is 3.53. The van der Waals surface area contributed by atoms with Gasteiger partial charge in [-0.05, 0) is 12.8 Å². The lowest BCUT2D eigenvalue weighted by Crippen LogP contribution is -2.35. The molecule has 0 radical (unpaired) electrons. The van der Waals surface area contributed by atoms with E-state index >= 15 is 0 Å². The van der Waals surface area contributed by atoms with E-state index in [1.165, 1.54) is 12.8 Å². The van der Waals surface area contributed by atoms with Crippen molar-refractivity contribution in [2.24, 2.45) is 0 Å². The number of hydrogen-bond donors (Lipinski definition) is 1. The molecular formula is C7H12BrNO. The van der Waals surface area contributed by atoms with Crippen molar-refractivity contribution in [1.29, 1.82) is 0 Å². The number of rotatable bonds is 1. The second-order valence-electron chi connectivity index (χ2n) is 2.75. The third kappa shape index (κ3) is 1.97. The van der Waals surface area contributed by atoms with E-state index in [2.05, 4.69) is 21.2 Å². The maximum atomic E-state index is 10.6. The molecule has 3 heteroatoms. The van der Waals surface area contributed by atoms with Gasteiger partial charge in [0.15, 0.2) is 0 Å². The van der Waals surface area contributed by atoms with Crippen molar-refractivity contribution < 1.29 is 4.79 Å². The van der Waals surface area contributed by atoms with Crippen LogP contribution in [0.25, 0.3) is 0 Å². The summed E-state index contributed by atoms with van der Waals surface area (Å²) in [7, 11) is 0. The molecule has 1 saturated carbocycles. The minimum atomic E-state index is 0.0800. The molecule has 1 rings (SSSR count). The molecule has 0 spiro atoms. The van der Waals surface area contributed by atoms with Crippen molar-refractivity contribution in [3.63, 3.8) is 0 Å². The van der Waals surface area contributed by atoms with Gasteiger partial charge in [0, 0.05) is 17.8 Å². The fourth-order valence-electron chi connectivity index (χ4n) is 1.34. The number of hydrogen-bond acceptors (Lipinski definition) is 1. The van der Waals surface area contributed by atoms with Gasteiger partial charge in [-0.1, -0.05) is 22.4 Å². The first-order valence-electron chi connectivity index (χ1n) is 3.61. The standard InChI is InChI=1S/C7H12BrNO/c1-5(10)9-7-4-2-3-6(7)8/h6-7H,2-4H2,1H3,(H,9,10)/t6-,7-/m0/s1. The van der Waals surface area contributed by atoms with Gasteiger partial charge in [0.1, 0.15) is 0 Å². The predicted octanol–water partition coefficient (Wildman–Crippen LogP) is 1.44. The van der Waals surface area contributed by atoms with E-state index in [0.717, 1.165) is 6.42 Å². The van der Waals surface area contributed by atoms with Crippen molar-refractivity contribution in [2.45, 2.75) is 37.1 Å². The third-order valence-electron chi connectivity index (χ3n) is 1.82. The average molecular weight is 206 g/mol. The van der Waals surface area contributed by atoms with Gasteiger partial charge in [0.05, 0.1) is 0 Å². The molecule has 2 nitrogen and oxygen atoms in total. The summed E-state index contributed by atoms with van der Waals surface area (Å²) in [6.45, 7) is 1.57. The van der Waals surface area contributed by atoms with Crippen LogP contribution in [0.15, 0.2) is 0 Å². The average Bonchev–Trinajstić information content (AvgIpc) is 2.15. The van der Waals surface area contributed by atoms with Crippen molar-refractivity contribution in [2.75, 3.05) is 0 Å². The summed E-state index contributed by atoms with van der Waals surface area (Å²) in [5, 5.41) is 2.91. The second kappa shape index (κ2) is 3.37. The zero-order valence-electron chi connectivity index (χ0n) is 6.06. The van der Waals surface area contributed by atoms with E-state index < -0.39 is 0 Å². The Morgan fingerprint density at radius 1 is 1.60 bits per heavy atom. The maximum absolute atomic E-state index is 10.6. The van der Waals surface area contributed by atoms with Gasteiger partial charge in [-0.2, -0.15) is 0 Å². The van der Waals surface area contributed by atoms with Crippen LogP contribution in [0, 0.1) is 0 Å². The summed E-state index contributed by atoms with van der Waals surface area (Å²) >= 11 is 3.52. The van der Waals surface area contributed by atoms with Crippen molar-refractivity contribution >= 4 is 21.8 Å². The van der Waals surface area contributed by atoms with Gasteiger partial charge in [-0.15, -0.1) is 0 Å². The second-order valence-corrected chi connectivity index (χ2v) is 3.93. The third-order valence-corrected chi connectivity index (χ3v) is 2.92. The monoisotopic (exact) mass is 205 g/mol. The lowest BCUT2D eigenvalue weighted by molar-refractivity contribution is -0.119. The molecule has 58 valence electrons. The van der Waals surface area contributed by atoms with Crippen LogP contribution >= 0.6 is 15.9 Å². The molecule has 0 heterocycles. The van der Waals surface area contributed by atoms with Gasteiger partial charge in [0.2, 0.25) is 5.91 Å². The first-order chi connectivity index (χ1) is 4.70. The Morgan fingerprint density at radius 3 is 2.70 bits per heavy atom. The molecular weight excluding hydrogens is 194 g/mol. The smallest absolute Gasteiger partial charge is 0.217 e. The number of halogens is 1. The fourth-order valence-corrected chi connectivity index (χ4v) is 2.06. The van der Waals surface area contributed by atoms with Crippen LogP contribution < -0.4 is 5.32 Å². The number of carbonyl (C=O) groups excluding carboxylic acids is 1. The Labute approximate surface area is 69.5 Å². The highest BCUT2D eigenvalue weighted by Crippen LogP contribution is 2.25. The number of amides is 1. The summed E-state index contributed by atoms with van der Waals surface area (Å²) in [4.78, 5) is 11.1. The fraction of sp³-hybridized carbons (Fsp3) is 0.857. The Bertz CT molecular complexity index is 138. The molecule has 0 aromatic heterocycles. The quantitative estimate of drug-likeness (QED) is 0.646. The van der Waals surface area contributed by atoms with E-state index in [4.69, 9.17) is 0 Å². The van der Waals surface area contributed by atoms with Gasteiger partial charge < -0.3 is 5.32 Å². The molecule has 1 amide bonds. The van der Waals surface area contributed by atoms with Crippen LogP contribution in [0.2, 0.25) is 0 Å². The Balaban J connectivity index is 2.33.